The molecule has 106 valence electrons. The first kappa shape index (κ1) is 14.5. The zero-order valence-corrected chi connectivity index (χ0v) is 11.6. The Morgan fingerprint density at radius 2 is 1.76 bits per heavy atom. The molecule has 4 heteroatoms. The third-order valence-corrected chi connectivity index (χ3v) is 2.93. The first-order valence-corrected chi connectivity index (χ1v) is 6.37. The van der Waals surface area contributed by atoms with Crippen molar-refractivity contribution < 1.29 is 14.7 Å². The van der Waals surface area contributed by atoms with Gasteiger partial charge in [-0.05, 0) is 23.8 Å². The van der Waals surface area contributed by atoms with Crippen LogP contribution in [0.15, 0.2) is 65.3 Å². The van der Waals surface area contributed by atoms with Gasteiger partial charge in [0.2, 0.25) is 0 Å². The summed E-state index contributed by atoms with van der Waals surface area (Å²) in [7, 11) is 1.59. The van der Waals surface area contributed by atoms with E-state index in [1.165, 1.54) is 0 Å². The van der Waals surface area contributed by atoms with Gasteiger partial charge in [-0.2, -0.15) is 0 Å². The molecule has 0 radical (unpaired) electrons. The Morgan fingerprint density at radius 3 is 2.33 bits per heavy atom. The number of hydrogen-bond acceptors (Lipinski definition) is 4. The molecule has 0 aliphatic carbocycles. The Morgan fingerprint density at radius 1 is 1.10 bits per heavy atom. The monoisotopic (exact) mass is 281 g/mol. The summed E-state index contributed by atoms with van der Waals surface area (Å²) in [5.74, 6) is 0.531. The molecule has 0 unspecified atom stereocenters. The number of benzene rings is 2. The minimum atomic E-state index is -0.204. The second-order valence-corrected chi connectivity index (χ2v) is 4.31. The van der Waals surface area contributed by atoms with Crippen LogP contribution in [0, 0.1) is 0 Å². The van der Waals surface area contributed by atoms with Gasteiger partial charge in [-0.15, -0.1) is 0 Å². The average molecular weight is 281 g/mol. The van der Waals surface area contributed by atoms with Crippen LogP contribution in [0.5, 0.6) is 5.75 Å². The van der Waals surface area contributed by atoms with Crippen LogP contribution in [-0.4, -0.2) is 24.3 Å². The van der Waals surface area contributed by atoms with Crippen LogP contribution in [0.4, 0.5) is 0 Å². The van der Waals surface area contributed by atoms with Crippen molar-refractivity contribution in [3.8, 4) is 5.75 Å². The minimum absolute atomic E-state index is 0.204. The predicted octanol–water partition coefficient (Wildman–Crippen LogP) is 3.42. The van der Waals surface area contributed by atoms with Crippen molar-refractivity contribution in [2.75, 3.05) is 7.11 Å². The Kier molecular flexibility index (Phi) is 4.88. The summed E-state index contributed by atoms with van der Waals surface area (Å²) in [6.07, 6.45) is 2.80. The number of hydrogen-bond donors (Lipinski definition) is 1. The van der Waals surface area contributed by atoms with Gasteiger partial charge in [0.15, 0.2) is 5.78 Å². The average Bonchev–Trinajstić information content (AvgIpc) is 2.55. The zero-order valence-electron chi connectivity index (χ0n) is 11.6. The van der Waals surface area contributed by atoms with E-state index in [4.69, 9.17) is 9.94 Å². The summed E-state index contributed by atoms with van der Waals surface area (Å²) in [6.45, 7) is 0. The highest BCUT2D eigenvalue weighted by Gasteiger charge is 2.10. The SMILES string of the molecule is COc1ccc(C=C(C=NO)C(=O)c2ccccc2)cc1. The van der Waals surface area contributed by atoms with Gasteiger partial charge in [0.25, 0.3) is 0 Å². The van der Waals surface area contributed by atoms with Gasteiger partial charge in [0, 0.05) is 11.1 Å². The molecule has 21 heavy (non-hydrogen) atoms. The first-order chi connectivity index (χ1) is 10.2. The van der Waals surface area contributed by atoms with Crippen LogP contribution in [0.3, 0.4) is 0 Å². The molecule has 0 fully saturated rings. The molecular weight excluding hydrogens is 266 g/mol. The molecule has 0 heterocycles. The van der Waals surface area contributed by atoms with E-state index < -0.39 is 0 Å². The third kappa shape index (κ3) is 3.79. The fourth-order valence-electron chi connectivity index (χ4n) is 1.86. The van der Waals surface area contributed by atoms with Crippen LogP contribution < -0.4 is 4.74 Å². The second-order valence-electron chi connectivity index (χ2n) is 4.31. The Hall–Kier alpha value is -2.88. The number of ether oxygens (including phenoxy) is 1. The molecule has 1 N–H and O–H groups in total. The van der Waals surface area contributed by atoms with Crippen molar-refractivity contribution in [1.29, 1.82) is 0 Å². The Bertz CT molecular complexity index is 658. The second kappa shape index (κ2) is 7.05. The van der Waals surface area contributed by atoms with Crippen molar-refractivity contribution in [2.45, 2.75) is 0 Å². The molecule has 0 aliphatic rings. The molecule has 0 saturated heterocycles. The van der Waals surface area contributed by atoms with Crippen LogP contribution >= 0.6 is 0 Å². The van der Waals surface area contributed by atoms with Crippen molar-refractivity contribution in [3.63, 3.8) is 0 Å². The molecule has 0 spiro atoms. The van der Waals surface area contributed by atoms with E-state index in [0.717, 1.165) is 17.5 Å². The lowest BCUT2D eigenvalue weighted by Gasteiger charge is -2.03. The lowest BCUT2D eigenvalue weighted by molar-refractivity contribution is 0.104. The number of methoxy groups -OCH3 is 1. The molecule has 0 atom stereocenters. The van der Waals surface area contributed by atoms with Gasteiger partial charge < -0.3 is 9.94 Å². The lowest BCUT2D eigenvalue weighted by Crippen LogP contribution is -2.04. The fourth-order valence-corrected chi connectivity index (χ4v) is 1.86. The number of carbonyl (C=O) groups is 1. The number of carbonyl (C=O) groups excluding carboxylic acids is 1. The molecule has 0 aliphatic heterocycles. The summed E-state index contributed by atoms with van der Waals surface area (Å²) >= 11 is 0. The molecule has 0 aromatic heterocycles. The van der Waals surface area contributed by atoms with Crippen LogP contribution in [-0.2, 0) is 0 Å². The highest BCUT2D eigenvalue weighted by molar-refractivity contribution is 6.23. The molecular formula is C17H15NO3. The van der Waals surface area contributed by atoms with E-state index >= 15 is 0 Å². The summed E-state index contributed by atoms with van der Waals surface area (Å²) in [5, 5.41) is 11.7. The van der Waals surface area contributed by atoms with Gasteiger partial charge in [0.1, 0.15) is 5.75 Å². The number of ketones is 1. The lowest BCUT2D eigenvalue weighted by atomic mass is 10.0. The topological polar surface area (TPSA) is 58.9 Å². The van der Waals surface area contributed by atoms with Gasteiger partial charge in [-0.3, -0.25) is 4.79 Å². The fraction of sp³-hybridized carbons (Fsp3) is 0.0588. The Balaban J connectivity index is 2.33. The predicted molar refractivity (Wildman–Crippen MR) is 82.0 cm³/mol. The molecule has 0 bridgehead atoms. The smallest absolute Gasteiger partial charge is 0.194 e. The van der Waals surface area contributed by atoms with E-state index in [1.54, 1.807) is 49.6 Å². The molecule has 0 amide bonds. The minimum Gasteiger partial charge on any atom is -0.497 e. The maximum Gasteiger partial charge on any atom is 0.194 e. The largest absolute Gasteiger partial charge is 0.497 e. The van der Waals surface area contributed by atoms with Gasteiger partial charge in [-0.1, -0.05) is 47.6 Å². The van der Waals surface area contributed by atoms with Gasteiger partial charge in [0.05, 0.1) is 13.3 Å². The highest BCUT2D eigenvalue weighted by Crippen LogP contribution is 2.15. The summed E-state index contributed by atoms with van der Waals surface area (Å²) in [6, 6.07) is 16.1. The third-order valence-electron chi connectivity index (χ3n) is 2.93. The summed E-state index contributed by atoms with van der Waals surface area (Å²) < 4.78 is 5.08. The van der Waals surface area contributed by atoms with Crippen LogP contribution in [0.2, 0.25) is 0 Å². The summed E-state index contributed by atoms with van der Waals surface area (Å²) in [4.78, 5) is 12.4. The van der Waals surface area contributed by atoms with E-state index in [0.29, 0.717) is 11.1 Å². The zero-order chi connectivity index (χ0) is 15.1. The number of rotatable bonds is 5. The number of Topliss-reactive ketones (excluding diaryl/α,β-unsaturated/α-hetero) is 1. The van der Waals surface area contributed by atoms with E-state index in [9.17, 15) is 4.79 Å². The van der Waals surface area contributed by atoms with Crippen LogP contribution in [0.25, 0.3) is 6.08 Å². The Labute approximate surface area is 123 Å². The molecule has 2 aromatic carbocycles. The van der Waals surface area contributed by atoms with Crippen molar-refractivity contribution in [3.05, 3.63) is 71.3 Å². The van der Waals surface area contributed by atoms with Gasteiger partial charge >= 0.3 is 0 Å². The number of oxime groups is 1. The normalized spacial score (nSPS) is 11.6. The summed E-state index contributed by atoms with van der Waals surface area (Å²) in [5.41, 5.74) is 1.65. The molecule has 0 saturated carbocycles. The quantitative estimate of drug-likeness (QED) is 0.300. The molecule has 2 rings (SSSR count). The highest BCUT2D eigenvalue weighted by atomic mass is 16.5. The van der Waals surface area contributed by atoms with Crippen LogP contribution in [0.1, 0.15) is 15.9 Å². The van der Waals surface area contributed by atoms with E-state index in [-0.39, 0.29) is 5.78 Å². The van der Waals surface area contributed by atoms with Crippen molar-refractivity contribution in [1.82, 2.24) is 0 Å². The number of nitrogens with zero attached hydrogens (tertiary/aromatic N) is 1. The van der Waals surface area contributed by atoms with E-state index in [2.05, 4.69) is 5.16 Å². The van der Waals surface area contributed by atoms with E-state index in [1.807, 2.05) is 18.2 Å². The van der Waals surface area contributed by atoms with Crippen molar-refractivity contribution in [2.24, 2.45) is 5.16 Å². The van der Waals surface area contributed by atoms with Crippen molar-refractivity contribution >= 4 is 18.1 Å². The maximum absolute atomic E-state index is 12.4. The molecule has 2 aromatic rings. The molecule has 4 nitrogen and oxygen atoms in total. The number of allylic oxidation sites excluding steroid dienone is 1. The standard InChI is InChI=1S/C17H15NO3/c1-21-16-9-7-13(8-10-16)11-15(12-18-20)17(19)14-5-3-2-4-6-14/h2-12,20H,1H3. The maximum atomic E-state index is 12.4. The first-order valence-electron chi connectivity index (χ1n) is 6.37. The van der Waals surface area contributed by atoms with Gasteiger partial charge in [-0.25, -0.2) is 0 Å².